The van der Waals surface area contributed by atoms with Crippen molar-refractivity contribution in [3.63, 3.8) is 0 Å². The minimum absolute atomic E-state index is 0.00927. The molecule has 8 heteroatoms. The van der Waals surface area contributed by atoms with Crippen molar-refractivity contribution < 1.29 is 14.5 Å². The summed E-state index contributed by atoms with van der Waals surface area (Å²) in [6.07, 6.45) is 1.49. The molecule has 120 valence electrons. The molecular formula is C16H8Cl2N2O4. The molecule has 0 radical (unpaired) electrons. The number of nitro groups is 1. The Labute approximate surface area is 146 Å². The van der Waals surface area contributed by atoms with Crippen LogP contribution in [-0.4, -0.2) is 16.8 Å². The van der Waals surface area contributed by atoms with Crippen LogP contribution in [0.1, 0.15) is 11.1 Å². The number of halogens is 2. The second kappa shape index (κ2) is 6.43. The smallest absolute Gasteiger partial charge is 0.363 e. The van der Waals surface area contributed by atoms with Crippen LogP contribution in [0.15, 0.2) is 53.2 Å². The predicted octanol–water partition coefficient (Wildman–Crippen LogP) is 4.25. The molecule has 0 aliphatic carbocycles. The average Bonchev–Trinajstić information content (AvgIpc) is 2.92. The molecule has 0 atom stereocenters. The maximum Gasteiger partial charge on any atom is 0.363 e. The minimum atomic E-state index is -0.650. The molecule has 1 aliphatic rings. The number of carbonyl (C=O) groups is 1. The lowest BCUT2D eigenvalue weighted by Crippen LogP contribution is -2.05. The topological polar surface area (TPSA) is 81.8 Å². The van der Waals surface area contributed by atoms with Crippen molar-refractivity contribution in [3.8, 4) is 0 Å². The summed E-state index contributed by atoms with van der Waals surface area (Å²) < 4.78 is 5.08. The van der Waals surface area contributed by atoms with E-state index in [9.17, 15) is 14.9 Å². The summed E-state index contributed by atoms with van der Waals surface area (Å²) in [6.45, 7) is 0. The Morgan fingerprint density at radius 1 is 1.12 bits per heavy atom. The van der Waals surface area contributed by atoms with Crippen molar-refractivity contribution in [2.75, 3.05) is 0 Å². The number of hydrogen-bond acceptors (Lipinski definition) is 5. The van der Waals surface area contributed by atoms with Gasteiger partial charge in [0.15, 0.2) is 5.70 Å². The third-order valence-electron chi connectivity index (χ3n) is 3.17. The summed E-state index contributed by atoms with van der Waals surface area (Å²) in [7, 11) is 0. The van der Waals surface area contributed by atoms with Crippen LogP contribution in [0, 0.1) is 10.1 Å². The fourth-order valence-electron chi connectivity index (χ4n) is 2.05. The maximum absolute atomic E-state index is 11.9. The fraction of sp³-hybridized carbons (Fsp3) is 0. The number of non-ortho nitro benzene ring substituents is 1. The Balaban J connectivity index is 1.95. The monoisotopic (exact) mass is 362 g/mol. The Kier molecular flexibility index (Phi) is 4.33. The number of cyclic esters (lactones) is 1. The molecule has 1 aliphatic heterocycles. The zero-order valence-electron chi connectivity index (χ0n) is 11.9. The summed E-state index contributed by atoms with van der Waals surface area (Å²) in [6, 6.07) is 10.6. The Morgan fingerprint density at radius 3 is 2.62 bits per heavy atom. The van der Waals surface area contributed by atoms with Crippen LogP contribution in [0.4, 0.5) is 5.69 Å². The molecule has 0 bridgehead atoms. The largest absolute Gasteiger partial charge is 0.402 e. The van der Waals surface area contributed by atoms with Gasteiger partial charge in [-0.1, -0.05) is 35.3 Å². The number of aliphatic imine (C=N–C) groups is 1. The van der Waals surface area contributed by atoms with Crippen LogP contribution < -0.4 is 0 Å². The SMILES string of the molecule is O=C1OC(c2cccc([N+](=O)[O-])c2)=N/C1=C/c1ccc(Cl)c(Cl)c1. The molecule has 0 N–H and O–H groups in total. The van der Waals surface area contributed by atoms with Gasteiger partial charge in [0, 0.05) is 17.7 Å². The van der Waals surface area contributed by atoms with Gasteiger partial charge in [-0.25, -0.2) is 9.79 Å². The molecule has 0 amide bonds. The standard InChI is InChI=1S/C16H8Cl2N2O4/c17-12-5-4-9(6-13(12)18)7-14-16(21)24-15(19-14)10-2-1-3-11(8-10)20(22)23/h1-8H/b14-7+. The minimum Gasteiger partial charge on any atom is -0.402 e. The molecule has 2 aromatic rings. The van der Waals surface area contributed by atoms with E-state index in [0.29, 0.717) is 21.2 Å². The normalized spacial score (nSPS) is 15.3. The van der Waals surface area contributed by atoms with Crippen molar-refractivity contribution >= 4 is 46.8 Å². The first-order valence-electron chi connectivity index (χ1n) is 6.66. The Hall–Kier alpha value is -2.70. The number of hydrogen-bond donors (Lipinski definition) is 0. The van der Waals surface area contributed by atoms with Crippen molar-refractivity contribution in [1.82, 2.24) is 0 Å². The first-order valence-corrected chi connectivity index (χ1v) is 7.42. The van der Waals surface area contributed by atoms with E-state index in [4.69, 9.17) is 27.9 Å². The van der Waals surface area contributed by atoms with Crippen LogP contribution in [0.2, 0.25) is 10.0 Å². The summed E-state index contributed by atoms with van der Waals surface area (Å²) in [5.41, 5.74) is 0.915. The van der Waals surface area contributed by atoms with Crippen LogP contribution in [0.25, 0.3) is 6.08 Å². The highest BCUT2D eigenvalue weighted by atomic mass is 35.5. The van der Waals surface area contributed by atoms with E-state index in [0.717, 1.165) is 0 Å². The van der Waals surface area contributed by atoms with Gasteiger partial charge in [-0.05, 0) is 29.8 Å². The molecular weight excluding hydrogens is 355 g/mol. The summed E-state index contributed by atoms with van der Waals surface area (Å²) in [5.74, 6) is -0.641. The molecule has 3 rings (SSSR count). The zero-order valence-corrected chi connectivity index (χ0v) is 13.4. The fourth-order valence-corrected chi connectivity index (χ4v) is 2.35. The molecule has 0 spiro atoms. The molecule has 0 aromatic heterocycles. The van der Waals surface area contributed by atoms with Crippen molar-refractivity contribution in [3.05, 3.63) is 79.4 Å². The molecule has 0 saturated carbocycles. The lowest BCUT2D eigenvalue weighted by atomic mass is 10.2. The van der Waals surface area contributed by atoms with E-state index in [-0.39, 0.29) is 17.3 Å². The van der Waals surface area contributed by atoms with Crippen LogP contribution in [0.5, 0.6) is 0 Å². The molecule has 0 saturated heterocycles. The molecule has 6 nitrogen and oxygen atoms in total. The number of ether oxygens (including phenoxy) is 1. The zero-order chi connectivity index (χ0) is 17.3. The van der Waals surface area contributed by atoms with E-state index < -0.39 is 10.9 Å². The van der Waals surface area contributed by atoms with Gasteiger partial charge in [0.05, 0.1) is 15.0 Å². The lowest BCUT2D eigenvalue weighted by Gasteiger charge is -1.98. The van der Waals surface area contributed by atoms with E-state index in [1.165, 1.54) is 24.3 Å². The number of carbonyl (C=O) groups excluding carboxylic acids is 1. The summed E-state index contributed by atoms with van der Waals surface area (Å²) in [5, 5.41) is 11.6. The molecule has 24 heavy (non-hydrogen) atoms. The quantitative estimate of drug-likeness (QED) is 0.353. The van der Waals surface area contributed by atoms with Gasteiger partial charge < -0.3 is 4.74 Å². The summed E-state index contributed by atoms with van der Waals surface area (Å²) in [4.78, 5) is 26.3. The number of nitro benzene ring substituents is 1. The van der Waals surface area contributed by atoms with E-state index >= 15 is 0 Å². The Bertz CT molecular complexity index is 922. The Morgan fingerprint density at radius 2 is 1.92 bits per heavy atom. The number of benzene rings is 2. The van der Waals surface area contributed by atoms with E-state index in [2.05, 4.69) is 4.99 Å². The van der Waals surface area contributed by atoms with E-state index in [1.54, 1.807) is 24.3 Å². The van der Waals surface area contributed by atoms with Crippen LogP contribution in [0.3, 0.4) is 0 Å². The van der Waals surface area contributed by atoms with Gasteiger partial charge in [-0.2, -0.15) is 0 Å². The number of nitrogens with zero attached hydrogens (tertiary/aromatic N) is 2. The van der Waals surface area contributed by atoms with Crippen molar-refractivity contribution in [2.24, 2.45) is 4.99 Å². The van der Waals surface area contributed by atoms with Gasteiger partial charge in [0.25, 0.3) is 5.69 Å². The highest BCUT2D eigenvalue weighted by Gasteiger charge is 2.25. The van der Waals surface area contributed by atoms with Gasteiger partial charge in [-0.3, -0.25) is 10.1 Å². The number of rotatable bonds is 3. The second-order valence-electron chi connectivity index (χ2n) is 4.82. The molecule has 1 heterocycles. The first-order chi connectivity index (χ1) is 11.4. The predicted molar refractivity (Wildman–Crippen MR) is 90.2 cm³/mol. The number of esters is 1. The van der Waals surface area contributed by atoms with Gasteiger partial charge >= 0.3 is 5.97 Å². The summed E-state index contributed by atoms with van der Waals surface area (Å²) >= 11 is 11.8. The lowest BCUT2D eigenvalue weighted by molar-refractivity contribution is -0.384. The maximum atomic E-state index is 11.9. The van der Waals surface area contributed by atoms with Gasteiger partial charge in [0.1, 0.15) is 0 Å². The first kappa shape index (κ1) is 16.2. The highest BCUT2D eigenvalue weighted by Crippen LogP contribution is 2.26. The third-order valence-corrected chi connectivity index (χ3v) is 3.91. The van der Waals surface area contributed by atoms with E-state index in [1.807, 2.05) is 0 Å². The van der Waals surface area contributed by atoms with Gasteiger partial charge in [0.2, 0.25) is 5.90 Å². The van der Waals surface area contributed by atoms with Crippen LogP contribution in [-0.2, 0) is 9.53 Å². The van der Waals surface area contributed by atoms with Gasteiger partial charge in [-0.15, -0.1) is 0 Å². The van der Waals surface area contributed by atoms with Crippen molar-refractivity contribution in [1.29, 1.82) is 0 Å². The third kappa shape index (κ3) is 3.29. The second-order valence-corrected chi connectivity index (χ2v) is 5.63. The van der Waals surface area contributed by atoms with Crippen molar-refractivity contribution in [2.45, 2.75) is 0 Å². The molecule has 0 fully saturated rings. The molecule has 0 unspecified atom stereocenters. The average molecular weight is 363 g/mol. The molecule has 2 aromatic carbocycles. The van der Waals surface area contributed by atoms with Crippen LogP contribution >= 0.6 is 23.2 Å². The highest BCUT2D eigenvalue weighted by molar-refractivity contribution is 6.42.